The maximum atomic E-state index is 2.43. The van der Waals surface area contributed by atoms with Crippen LogP contribution in [0.15, 0.2) is 121 Å². The molecule has 0 radical (unpaired) electrons. The summed E-state index contributed by atoms with van der Waals surface area (Å²) in [6, 6.07) is 44.0. The van der Waals surface area contributed by atoms with Crippen molar-refractivity contribution in [3.8, 4) is 22.3 Å². The van der Waals surface area contributed by atoms with E-state index in [2.05, 4.69) is 147 Å². The van der Waals surface area contributed by atoms with Crippen LogP contribution in [0.25, 0.3) is 22.3 Å². The Morgan fingerprint density at radius 3 is 1.60 bits per heavy atom. The molecule has 170 valence electrons. The number of hydrogen-bond acceptors (Lipinski definition) is 1. The number of benzene rings is 5. The zero-order valence-corrected chi connectivity index (χ0v) is 20.5. The average molecular weight is 452 g/mol. The van der Waals surface area contributed by atoms with Crippen LogP contribution in [0.1, 0.15) is 30.5 Å². The summed E-state index contributed by atoms with van der Waals surface area (Å²) in [5, 5.41) is 0. The Hall–Kier alpha value is -4.10. The van der Waals surface area contributed by atoms with E-state index in [1.54, 1.807) is 0 Å². The second-order valence-corrected chi connectivity index (χ2v) is 9.99. The maximum absolute atomic E-state index is 2.43. The highest BCUT2D eigenvalue weighted by molar-refractivity contribution is 5.88. The Bertz CT molecular complexity index is 1500. The molecule has 0 saturated heterocycles. The molecule has 0 aromatic heterocycles. The molecule has 0 fully saturated rings. The van der Waals surface area contributed by atoms with E-state index in [-0.39, 0.29) is 5.41 Å². The average Bonchev–Trinajstić information content (AvgIpc) is 2.90. The van der Waals surface area contributed by atoms with Crippen molar-refractivity contribution in [3.05, 3.63) is 138 Å². The first-order valence-corrected chi connectivity index (χ1v) is 12.3. The highest BCUT2D eigenvalue weighted by atomic mass is 15.2. The van der Waals surface area contributed by atoms with E-state index in [0.29, 0.717) is 0 Å². The minimum absolute atomic E-state index is 0.109. The highest BCUT2D eigenvalue weighted by Crippen LogP contribution is 2.52. The molecule has 1 heterocycles. The first-order valence-electron chi connectivity index (χ1n) is 12.3. The third-order valence-corrected chi connectivity index (χ3v) is 7.32. The van der Waals surface area contributed by atoms with Gasteiger partial charge >= 0.3 is 0 Å². The van der Waals surface area contributed by atoms with Crippen LogP contribution < -0.4 is 4.90 Å². The Labute approximate surface area is 208 Å². The van der Waals surface area contributed by atoms with E-state index in [4.69, 9.17) is 0 Å². The number of aryl methyl sites for hydroxylation is 1. The molecule has 0 amide bonds. The van der Waals surface area contributed by atoms with Gasteiger partial charge in [0.2, 0.25) is 0 Å². The fraction of sp³-hybridized carbons (Fsp3) is 0.118. The van der Waals surface area contributed by atoms with Gasteiger partial charge in [0.05, 0.1) is 11.4 Å². The van der Waals surface area contributed by atoms with Gasteiger partial charge in [-0.05, 0) is 70.6 Å². The van der Waals surface area contributed by atoms with Crippen molar-refractivity contribution in [1.29, 1.82) is 0 Å². The molecular formula is C34H29N. The van der Waals surface area contributed by atoms with Gasteiger partial charge < -0.3 is 4.90 Å². The van der Waals surface area contributed by atoms with Crippen molar-refractivity contribution in [2.45, 2.75) is 26.2 Å². The van der Waals surface area contributed by atoms with E-state index in [9.17, 15) is 0 Å². The summed E-state index contributed by atoms with van der Waals surface area (Å²) in [5.41, 5.74) is 12.6. The van der Waals surface area contributed by atoms with Gasteiger partial charge in [0.15, 0.2) is 0 Å². The molecule has 35 heavy (non-hydrogen) atoms. The first-order chi connectivity index (χ1) is 17.0. The molecule has 6 rings (SSSR count). The molecule has 0 atom stereocenters. The Morgan fingerprint density at radius 2 is 0.971 bits per heavy atom. The summed E-state index contributed by atoms with van der Waals surface area (Å²) in [7, 11) is 0. The van der Waals surface area contributed by atoms with Crippen LogP contribution in [-0.4, -0.2) is 0 Å². The van der Waals surface area contributed by atoms with Gasteiger partial charge in [0.1, 0.15) is 0 Å². The number of nitrogens with zero attached hydrogens (tertiary/aromatic N) is 1. The summed E-state index contributed by atoms with van der Waals surface area (Å²) in [5.74, 6) is 0. The van der Waals surface area contributed by atoms with Crippen molar-refractivity contribution in [3.63, 3.8) is 0 Å². The fourth-order valence-corrected chi connectivity index (χ4v) is 5.37. The zero-order valence-electron chi connectivity index (χ0n) is 20.5. The predicted molar refractivity (Wildman–Crippen MR) is 149 cm³/mol. The van der Waals surface area contributed by atoms with Gasteiger partial charge in [0.25, 0.3) is 0 Å². The summed E-state index contributed by atoms with van der Waals surface area (Å²) in [4.78, 5) is 2.43. The van der Waals surface area contributed by atoms with E-state index in [1.165, 1.54) is 56.0 Å². The number of hydrogen-bond donors (Lipinski definition) is 0. The van der Waals surface area contributed by atoms with Crippen LogP contribution in [0.5, 0.6) is 0 Å². The lowest BCUT2D eigenvalue weighted by Gasteiger charge is -2.42. The van der Waals surface area contributed by atoms with E-state index in [0.717, 1.165) is 0 Å². The third kappa shape index (κ3) is 3.65. The van der Waals surface area contributed by atoms with Gasteiger partial charge in [-0.2, -0.15) is 0 Å². The molecule has 5 aromatic carbocycles. The molecule has 1 nitrogen and oxygen atoms in total. The van der Waals surface area contributed by atoms with Crippen molar-refractivity contribution in [1.82, 2.24) is 0 Å². The molecule has 0 N–H and O–H groups in total. The van der Waals surface area contributed by atoms with Gasteiger partial charge in [-0.1, -0.05) is 110 Å². The van der Waals surface area contributed by atoms with Crippen LogP contribution in [-0.2, 0) is 5.41 Å². The lowest BCUT2D eigenvalue weighted by Crippen LogP contribution is -2.30. The highest BCUT2D eigenvalue weighted by Gasteiger charge is 2.37. The lowest BCUT2D eigenvalue weighted by atomic mass is 9.72. The third-order valence-electron chi connectivity index (χ3n) is 7.32. The molecule has 0 bridgehead atoms. The molecule has 1 aliphatic rings. The molecule has 0 spiro atoms. The molecule has 0 saturated carbocycles. The number of rotatable bonds is 3. The Kier molecular flexibility index (Phi) is 5.07. The van der Waals surface area contributed by atoms with Crippen LogP contribution in [0.4, 0.5) is 17.1 Å². The summed E-state index contributed by atoms with van der Waals surface area (Å²) in [6.07, 6.45) is 0. The summed E-state index contributed by atoms with van der Waals surface area (Å²) >= 11 is 0. The second-order valence-electron chi connectivity index (χ2n) is 9.99. The van der Waals surface area contributed by atoms with Crippen LogP contribution >= 0.6 is 0 Å². The van der Waals surface area contributed by atoms with Crippen molar-refractivity contribution in [2.75, 3.05) is 4.90 Å². The van der Waals surface area contributed by atoms with Crippen LogP contribution in [0.3, 0.4) is 0 Å². The van der Waals surface area contributed by atoms with Crippen LogP contribution in [0.2, 0.25) is 0 Å². The molecule has 1 heteroatoms. The number of anilines is 3. The minimum Gasteiger partial charge on any atom is -0.310 e. The van der Waals surface area contributed by atoms with Crippen LogP contribution in [0, 0.1) is 6.92 Å². The first kappa shape index (κ1) is 21.4. The monoisotopic (exact) mass is 451 g/mol. The molecule has 5 aromatic rings. The van der Waals surface area contributed by atoms with Gasteiger partial charge in [-0.25, -0.2) is 0 Å². The summed E-state index contributed by atoms with van der Waals surface area (Å²) in [6.45, 7) is 6.90. The number of fused-ring (bicyclic) bond motifs is 2. The predicted octanol–water partition coefficient (Wildman–Crippen LogP) is 9.44. The molecule has 0 aliphatic carbocycles. The van der Waals surface area contributed by atoms with Crippen molar-refractivity contribution < 1.29 is 0 Å². The lowest BCUT2D eigenvalue weighted by molar-refractivity contribution is 0.631. The van der Waals surface area contributed by atoms with E-state index >= 15 is 0 Å². The van der Waals surface area contributed by atoms with Gasteiger partial charge in [-0.15, -0.1) is 0 Å². The Morgan fingerprint density at radius 1 is 0.486 bits per heavy atom. The molecular weight excluding hydrogens is 422 g/mol. The largest absolute Gasteiger partial charge is 0.310 e. The SMILES string of the molecule is Cc1ccc2c(c1)C(C)(C)c1cc(-c3ccccc3)ccc1N2c1ccc(-c2ccccc2)cc1. The molecule has 1 aliphatic heterocycles. The summed E-state index contributed by atoms with van der Waals surface area (Å²) < 4.78 is 0. The smallest absolute Gasteiger partial charge is 0.0503 e. The fourth-order valence-electron chi connectivity index (χ4n) is 5.37. The van der Waals surface area contributed by atoms with Crippen molar-refractivity contribution >= 4 is 17.1 Å². The molecule has 0 unspecified atom stereocenters. The Balaban J connectivity index is 1.53. The normalized spacial score (nSPS) is 13.7. The standard InChI is InChI=1S/C34H29N/c1-24-14-20-32-30(22-24)34(2,3)31-23-28(26-12-8-5-9-13-26)17-21-33(31)35(32)29-18-15-27(16-19-29)25-10-6-4-7-11-25/h4-23H,1-3H3. The zero-order chi connectivity index (χ0) is 24.0. The van der Waals surface area contributed by atoms with Gasteiger partial charge in [-0.3, -0.25) is 0 Å². The van der Waals surface area contributed by atoms with Gasteiger partial charge in [0, 0.05) is 11.1 Å². The topological polar surface area (TPSA) is 3.24 Å². The quantitative estimate of drug-likeness (QED) is 0.264. The van der Waals surface area contributed by atoms with E-state index in [1.807, 2.05) is 0 Å². The second kappa shape index (κ2) is 8.29. The van der Waals surface area contributed by atoms with Crippen molar-refractivity contribution in [2.24, 2.45) is 0 Å². The van der Waals surface area contributed by atoms with E-state index < -0.39 is 0 Å². The minimum atomic E-state index is -0.109. The maximum Gasteiger partial charge on any atom is 0.0503 e.